The Morgan fingerprint density at radius 3 is 2.58 bits per heavy atom. The summed E-state index contributed by atoms with van der Waals surface area (Å²) in [7, 11) is 4.01. The molecular formula is C25H25F4N5O3S. The molecule has 0 saturated carbocycles. The molecule has 2 N–H and O–H groups in total. The molecule has 0 radical (unpaired) electrons. The minimum Gasteiger partial charge on any atom is -0.472 e. The number of hydrogen-bond donors (Lipinski definition) is 1. The number of likely N-dealkylation sites (N-methyl/N-ethyl adjacent to an activating group) is 1. The van der Waals surface area contributed by atoms with E-state index >= 15 is 0 Å². The number of benzene rings is 2. The fourth-order valence-electron chi connectivity index (χ4n) is 3.82. The highest BCUT2D eigenvalue weighted by Gasteiger charge is 2.32. The Bertz CT molecular complexity index is 1290. The number of nitrogens with two attached hydrogens (primary N) is 1. The Balaban J connectivity index is 1.58. The number of amides is 1. The van der Waals surface area contributed by atoms with Gasteiger partial charge in [-0.2, -0.15) is 4.98 Å². The standard InChI is InChI=1S/C25H25F4N5O3S/c1-33(2)17-9-10-34(13-17)24-31-12-21(38-18-6-4-16(5-7-18)22(30)35)23(32-24)36-14-15-3-8-19(26)20(11-15)37-25(27,28)29/h3-8,11-12,17H,9-10,13-14H2,1-2H3,(H2,30,35)/t17-/m1/s1. The van der Waals surface area contributed by atoms with Crippen LogP contribution in [0.25, 0.3) is 0 Å². The quantitative estimate of drug-likeness (QED) is 0.389. The number of primary amides is 1. The molecule has 2 aromatic carbocycles. The van der Waals surface area contributed by atoms with Gasteiger partial charge in [0.1, 0.15) is 6.61 Å². The van der Waals surface area contributed by atoms with E-state index in [4.69, 9.17) is 10.5 Å². The number of ether oxygens (including phenoxy) is 2. The van der Waals surface area contributed by atoms with Gasteiger partial charge in [0.15, 0.2) is 11.6 Å². The summed E-state index contributed by atoms with van der Waals surface area (Å²) < 4.78 is 61.4. The lowest BCUT2D eigenvalue weighted by Gasteiger charge is -2.21. The van der Waals surface area contributed by atoms with E-state index in [1.165, 1.54) is 17.8 Å². The van der Waals surface area contributed by atoms with Crippen molar-refractivity contribution in [2.75, 3.05) is 32.1 Å². The van der Waals surface area contributed by atoms with Gasteiger partial charge in [0.25, 0.3) is 0 Å². The number of carbonyl (C=O) groups excluding carboxylic acids is 1. The lowest BCUT2D eigenvalue weighted by atomic mass is 10.2. The highest BCUT2D eigenvalue weighted by atomic mass is 32.2. The number of anilines is 1. The zero-order valence-electron chi connectivity index (χ0n) is 20.5. The molecule has 1 saturated heterocycles. The number of carbonyl (C=O) groups is 1. The molecule has 1 aliphatic rings. The summed E-state index contributed by atoms with van der Waals surface area (Å²) in [6.07, 6.45) is -2.49. The van der Waals surface area contributed by atoms with E-state index in [0.29, 0.717) is 22.4 Å². The van der Waals surface area contributed by atoms with Crippen LogP contribution in [0.5, 0.6) is 11.6 Å². The first-order chi connectivity index (χ1) is 18.0. The van der Waals surface area contributed by atoms with Crippen molar-refractivity contribution in [1.29, 1.82) is 0 Å². The normalized spacial score (nSPS) is 15.7. The summed E-state index contributed by atoms with van der Waals surface area (Å²) in [5, 5.41) is 0. The highest BCUT2D eigenvalue weighted by Crippen LogP contribution is 2.36. The molecule has 0 spiro atoms. The molecule has 0 unspecified atom stereocenters. The molecule has 1 atom stereocenters. The Kier molecular flexibility index (Phi) is 8.26. The molecule has 13 heteroatoms. The Morgan fingerprint density at radius 2 is 1.95 bits per heavy atom. The van der Waals surface area contributed by atoms with Crippen molar-refractivity contribution in [2.45, 2.75) is 35.2 Å². The molecule has 0 bridgehead atoms. The molecule has 1 amide bonds. The third-order valence-electron chi connectivity index (χ3n) is 5.85. The number of halogens is 4. The average Bonchev–Trinajstić information content (AvgIpc) is 3.35. The largest absolute Gasteiger partial charge is 0.573 e. The molecule has 2 heterocycles. The second kappa shape index (κ2) is 11.4. The Labute approximate surface area is 220 Å². The number of alkyl halides is 3. The molecule has 3 aromatic rings. The number of rotatable bonds is 9. The van der Waals surface area contributed by atoms with E-state index in [-0.39, 0.29) is 18.1 Å². The van der Waals surface area contributed by atoms with Crippen LogP contribution >= 0.6 is 11.8 Å². The van der Waals surface area contributed by atoms with E-state index < -0.39 is 23.8 Å². The lowest BCUT2D eigenvalue weighted by Crippen LogP contribution is -2.32. The van der Waals surface area contributed by atoms with Crippen molar-refractivity contribution in [1.82, 2.24) is 14.9 Å². The van der Waals surface area contributed by atoms with Gasteiger partial charge in [-0.3, -0.25) is 4.79 Å². The van der Waals surface area contributed by atoms with Gasteiger partial charge in [0.05, 0.1) is 11.1 Å². The average molecular weight is 552 g/mol. The predicted molar refractivity (Wildman–Crippen MR) is 133 cm³/mol. The SMILES string of the molecule is CN(C)[C@@H]1CCN(c2ncc(Sc3ccc(C(N)=O)cc3)c(OCc3ccc(F)c(OC(F)(F)F)c3)n2)C1. The Hall–Kier alpha value is -3.58. The summed E-state index contributed by atoms with van der Waals surface area (Å²) in [5.74, 6) is -1.98. The van der Waals surface area contributed by atoms with Gasteiger partial charge in [0.2, 0.25) is 17.7 Å². The molecule has 0 aliphatic carbocycles. The molecule has 4 rings (SSSR count). The van der Waals surface area contributed by atoms with Gasteiger partial charge in [-0.1, -0.05) is 17.8 Å². The maximum Gasteiger partial charge on any atom is 0.573 e. The third kappa shape index (κ3) is 7.04. The van der Waals surface area contributed by atoms with Gasteiger partial charge in [-0.05, 0) is 62.5 Å². The first-order valence-electron chi connectivity index (χ1n) is 11.5. The molecule has 202 valence electrons. The van der Waals surface area contributed by atoms with Crippen molar-refractivity contribution >= 4 is 23.6 Å². The summed E-state index contributed by atoms with van der Waals surface area (Å²) in [5.41, 5.74) is 5.91. The fraction of sp³-hybridized carbons (Fsp3) is 0.320. The van der Waals surface area contributed by atoms with Crippen molar-refractivity contribution in [3.05, 3.63) is 65.6 Å². The van der Waals surface area contributed by atoms with E-state index in [2.05, 4.69) is 19.6 Å². The highest BCUT2D eigenvalue weighted by molar-refractivity contribution is 7.99. The second-order valence-electron chi connectivity index (χ2n) is 8.78. The van der Waals surface area contributed by atoms with Crippen LogP contribution in [0.1, 0.15) is 22.3 Å². The minimum atomic E-state index is -5.03. The van der Waals surface area contributed by atoms with Gasteiger partial charge in [-0.25, -0.2) is 9.37 Å². The summed E-state index contributed by atoms with van der Waals surface area (Å²) in [6.45, 7) is 1.28. The maximum absolute atomic E-state index is 13.8. The summed E-state index contributed by atoms with van der Waals surface area (Å²) >= 11 is 1.28. The zero-order valence-corrected chi connectivity index (χ0v) is 21.4. The zero-order chi connectivity index (χ0) is 27.4. The molecule has 1 aliphatic heterocycles. The summed E-state index contributed by atoms with van der Waals surface area (Å²) in [6, 6.07) is 10.1. The topological polar surface area (TPSA) is 93.8 Å². The monoisotopic (exact) mass is 551 g/mol. The van der Waals surface area contributed by atoms with E-state index in [1.54, 1.807) is 30.5 Å². The molecule has 1 aromatic heterocycles. The van der Waals surface area contributed by atoms with Crippen LogP contribution in [-0.4, -0.2) is 60.4 Å². The number of nitrogens with zero attached hydrogens (tertiary/aromatic N) is 4. The molecular weight excluding hydrogens is 526 g/mol. The molecule has 38 heavy (non-hydrogen) atoms. The van der Waals surface area contributed by atoms with Crippen LogP contribution in [-0.2, 0) is 6.61 Å². The molecule has 1 fully saturated rings. The smallest absolute Gasteiger partial charge is 0.472 e. The lowest BCUT2D eigenvalue weighted by molar-refractivity contribution is -0.275. The van der Waals surface area contributed by atoms with Gasteiger partial charge in [-0.15, -0.1) is 13.2 Å². The minimum absolute atomic E-state index is 0.195. The number of hydrogen-bond acceptors (Lipinski definition) is 8. The van der Waals surface area contributed by atoms with E-state index in [0.717, 1.165) is 36.5 Å². The van der Waals surface area contributed by atoms with E-state index in [1.807, 2.05) is 19.0 Å². The van der Waals surface area contributed by atoms with Crippen LogP contribution < -0.4 is 20.1 Å². The predicted octanol–water partition coefficient (Wildman–Crippen LogP) is 4.48. The molecule has 8 nitrogen and oxygen atoms in total. The van der Waals surface area contributed by atoms with Gasteiger partial charge in [0, 0.05) is 29.6 Å². The number of aromatic nitrogens is 2. The maximum atomic E-state index is 13.8. The van der Waals surface area contributed by atoms with Crippen molar-refractivity contribution in [3.8, 4) is 11.6 Å². The van der Waals surface area contributed by atoms with Gasteiger partial charge >= 0.3 is 6.36 Å². The van der Waals surface area contributed by atoms with Crippen molar-refractivity contribution in [3.63, 3.8) is 0 Å². The van der Waals surface area contributed by atoms with E-state index in [9.17, 15) is 22.4 Å². The summed E-state index contributed by atoms with van der Waals surface area (Å²) in [4.78, 5) is 25.9. The van der Waals surface area contributed by atoms with Crippen molar-refractivity contribution in [2.24, 2.45) is 5.73 Å². The van der Waals surface area contributed by atoms with Crippen LogP contribution in [0.3, 0.4) is 0 Å². The fourth-order valence-corrected chi connectivity index (χ4v) is 4.65. The van der Waals surface area contributed by atoms with Crippen LogP contribution in [0.15, 0.2) is 58.5 Å². The first-order valence-corrected chi connectivity index (χ1v) is 12.3. The van der Waals surface area contributed by atoms with Crippen LogP contribution in [0, 0.1) is 5.82 Å². The first kappa shape index (κ1) is 27.5. The van der Waals surface area contributed by atoms with Crippen molar-refractivity contribution < 1.29 is 31.8 Å². The van der Waals surface area contributed by atoms with Crippen LogP contribution in [0.4, 0.5) is 23.5 Å². The second-order valence-corrected chi connectivity index (χ2v) is 9.90. The third-order valence-corrected chi connectivity index (χ3v) is 6.86. The van der Waals surface area contributed by atoms with Gasteiger partial charge < -0.3 is 25.0 Å². The van der Waals surface area contributed by atoms with Crippen LogP contribution in [0.2, 0.25) is 0 Å². The Morgan fingerprint density at radius 1 is 1.21 bits per heavy atom.